The Morgan fingerprint density at radius 1 is 1.64 bits per heavy atom. The van der Waals surface area contributed by atoms with Crippen LogP contribution in [0.3, 0.4) is 0 Å². The van der Waals surface area contributed by atoms with Crippen LogP contribution in [0.1, 0.15) is 19.0 Å². The van der Waals surface area contributed by atoms with Crippen LogP contribution in [0.25, 0.3) is 0 Å². The molecule has 0 bridgehead atoms. The molecule has 3 N–H and O–H groups in total. The number of pyridine rings is 1. The van der Waals surface area contributed by atoms with Gasteiger partial charge in [-0.05, 0) is 32.0 Å². The Bertz CT molecular complexity index is 313. The van der Waals surface area contributed by atoms with Crippen molar-refractivity contribution in [3.8, 4) is 0 Å². The standard InChI is InChI=1S/C10H14N2O2/c1-10(5-6-11,9(13)14)8-4-2-3-7-12-8/h2-4,7H,5-6,11H2,1H3,(H,13,14). The molecular formula is C10H14N2O2. The van der Waals surface area contributed by atoms with Crippen molar-refractivity contribution in [1.82, 2.24) is 4.98 Å². The number of hydrogen-bond donors (Lipinski definition) is 2. The fourth-order valence-corrected chi connectivity index (χ4v) is 1.32. The molecule has 0 aromatic carbocycles. The summed E-state index contributed by atoms with van der Waals surface area (Å²) in [5.74, 6) is -0.887. The number of hydrogen-bond acceptors (Lipinski definition) is 3. The molecule has 4 nitrogen and oxygen atoms in total. The summed E-state index contributed by atoms with van der Waals surface area (Å²) in [5.41, 5.74) is 4.98. The Hall–Kier alpha value is -1.42. The Balaban J connectivity index is 3.06. The van der Waals surface area contributed by atoms with E-state index in [4.69, 9.17) is 10.8 Å². The van der Waals surface area contributed by atoms with E-state index in [1.54, 1.807) is 31.3 Å². The van der Waals surface area contributed by atoms with Crippen LogP contribution in [0, 0.1) is 0 Å². The molecule has 4 heteroatoms. The predicted molar refractivity (Wildman–Crippen MR) is 52.9 cm³/mol. The van der Waals surface area contributed by atoms with Crippen molar-refractivity contribution in [3.05, 3.63) is 30.1 Å². The van der Waals surface area contributed by atoms with E-state index in [0.717, 1.165) is 0 Å². The van der Waals surface area contributed by atoms with Crippen LogP contribution in [0.15, 0.2) is 24.4 Å². The zero-order chi connectivity index (χ0) is 10.6. The third kappa shape index (κ3) is 1.90. The number of carbonyl (C=O) groups is 1. The van der Waals surface area contributed by atoms with E-state index >= 15 is 0 Å². The Kier molecular flexibility index (Phi) is 3.19. The van der Waals surface area contributed by atoms with Gasteiger partial charge in [0.25, 0.3) is 0 Å². The van der Waals surface area contributed by atoms with Crippen LogP contribution >= 0.6 is 0 Å². The van der Waals surface area contributed by atoms with E-state index in [-0.39, 0.29) is 0 Å². The third-order valence-corrected chi connectivity index (χ3v) is 2.35. The lowest BCUT2D eigenvalue weighted by Gasteiger charge is -2.23. The minimum Gasteiger partial charge on any atom is -0.481 e. The molecule has 0 radical (unpaired) electrons. The number of aliphatic carboxylic acids is 1. The minimum atomic E-state index is -0.976. The first kappa shape index (κ1) is 10.7. The van der Waals surface area contributed by atoms with Gasteiger partial charge in [-0.1, -0.05) is 6.07 Å². The molecule has 0 aliphatic rings. The first-order valence-electron chi connectivity index (χ1n) is 4.46. The summed E-state index contributed by atoms with van der Waals surface area (Å²) in [7, 11) is 0. The van der Waals surface area contributed by atoms with Crippen LogP contribution in [-0.4, -0.2) is 22.6 Å². The monoisotopic (exact) mass is 194 g/mol. The Morgan fingerprint density at radius 3 is 2.79 bits per heavy atom. The molecule has 1 aromatic rings. The van der Waals surface area contributed by atoms with Gasteiger partial charge in [-0.25, -0.2) is 0 Å². The molecule has 1 heterocycles. The molecule has 0 saturated heterocycles. The van der Waals surface area contributed by atoms with E-state index in [1.165, 1.54) is 0 Å². The van der Waals surface area contributed by atoms with Gasteiger partial charge in [0.15, 0.2) is 0 Å². The second-order valence-electron chi connectivity index (χ2n) is 3.39. The van der Waals surface area contributed by atoms with Gasteiger partial charge >= 0.3 is 5.97 Å². The predicted octanol–water partition coefficient (Wildman–Crippen LogP) is 0.773. The first-order valence-corrected chi connectivity index (χ1v) is 4.46. The first-order chi connectivity index (χ1) is 6.61. The Morgan fingerprint density at radius 2 is 2.36 bits per heavy atom. The quantitative estimate of drug-likeness (QED) is 0.742. The highest BCUT2D eigenvalue weighted by atomic mass is 16.4. The molecule has 1 aromatic heterocycles. The number of carboxylic acids is 1. The van der Waals surface area contributed by atoms with E-state index in [2.05, 4.69) is 4.98 Å². The van der Waals surface area contributed by atoms with Gasteiger partial charge in [-0.2, -0.15) is 0 Å². The number of nitrogens with two attached hydrogens (primary N) is 1. The molecular weight excluding hydrogens is 180 g/mol. The fourth-order valence-electron chi connectivity index (χ4n) is 1.32. The maximum atomic E-state index is 11.1. The molecule has 1 unspecified atom stereocenters. The van der Waals surface area contributed by atoms with Crippen LogP contribution in [-0.2, 0) is 10.2 Å². The summed E-state index contributed by atoms with van der Waals surface area (Å²) in [4.78, 5) is 15.2. The van der Waals surface area contributed by atoms with Crippen LogP contribution in [0.2, 0.25) is 0 Å². The van der Waals surface area contributed by atoms with E-state index in [9.17, 15) is 4.79 Å². The largest absolute Gasteiger partial charge is 0.481 e. The van der Waals surface area contributed by atoms with Gasteiger partial charge in [0.2, 0.25) is 0 Å². The van der Waals surface area contributed by atoms with Crippen LogP contribution in [0.5, 0.6) is 0 Å². The molecule has 0 saturated carbocycles. The molecule has 76 valence electrons. The summed E-state index contributed by atoms with van der Waals surface area (Å²) in [6.07, 6.45) is 1.98. The summed E-state index contributed by atoms with van der Waals surface area (Å²) in [6, 6.07) is 5.25. The van der Waals surface area contributed by atoms with Crippen molar-refractivity contribution in [2.24, 2.45) is 5.73 Å². The van der Waals surface area contributed by atoms with E-state index < -0.39 is 11.4 Å². The van der Waals surface area contributed by atoms with Crippen molar-refractivity contribution in [2.75, 3.05) is 6.54 Å². The highest BCUT2D eigenvalue weighted by molar-refractivity contribution is 5.80. The third-order valence-electron chi connectivity index (χ3n) is 2.35. The second kappa shape index (κ2) is 4.19. The van der Waals surface area contributed by atoms with Gasteiger partial charge in [0.1, 0.15) is 5.41 Å². The lowest BCUT2D eigenvalue weighted by Crippen LogP contribution is -2.35. The normalized spacial score (nSPS) is 14.7. The fraction of sp³-hybridized carbons (Fsp3) is 0.400. The highest BCUT2D eigenvalue weighted by Gasteiger charge is 2.35. The smallest absolute Gasteiger partial charge is 0.315 e. The lowest BCUT2D eigenvalue weighted by atomic mass is 9.83. The summed E-state index contributed by atoms with van der Waals surface area (Å²) in [6.45, 7) is 1.98. The van der Waals surface area contributed by atoms with Gasteiger partial charge < -0.3 is 10.8 Å². The minimum absolute atomic E-state index is 0.333. The van der Waals surface area contributed by atoms with Crippen LogP contribution < -0.4 is 5.73 Å². The van der Waals surface area contributed by atoms with Gasteiger partial charge in [0, 0.05) is 6.20 Å². The molecule has 0 fully saturated rings. The second-order valence-corrected chi connectivity index (χ2v) is 3.39. The summed E-state index contributed by atoms with van der Waals surface area (Å²) < 4.78 is 0. The zero-order valence-corrected chi connectivity index (χ0v) is 8.10. The maximum absolute atomic E-state index is 11.1. The zero-order valence-electron chi connectivity index (χ0n) is 8.10. The van der Waals surface area contributed by atoms with Gasteiger partial charge in [0.05, 0.1) is 5.69 Å². The molecule has 1 atom stereocenters. The van der Waals surface area contributed by atoms with E-state index in [1.807, 2.05) is 0 Å². The number of nitrogens with zero attached hydrogens (tertiary/aromatic N) is 1. The highest BCUT2D eigenvalue weighted by Crippen LogP contribution is 2.25. The average molecular weight is 194 g/mol. The molecule has 0 amide bonds. The molecule has 0 aliphatic heterocycles. The van der Waals surface area contributed by atoms with Crippen molar-refractivity contribution in [2.45, 2.75) is 18.8 Å². The van der Waals surface area contributed by atoms with Crippen molar-refractivity contribution in [1.29, 1.82) is 0 Å². The number of rotatable bonds is 4. The van der Waals surface area contributed by atoms with Gasteiger partial charge in [-0.15, -0.1) is 0 Å². The van der Waals surface area contributed by atoms with Gasteiger partial charge in [-0.3, -0.25) is 9.78 Å². The molecule has 14 heavy (non-hydrogen) atoms. The topological polar surface area (TPSA) is 76.2 Å². The SMILES string of the molecule is CC(CCN)(C(=O)O)c1ccccn1. The summed E-state index contributed by atoms with van der Waals surface area (Å²) in [5, 5.41) is 9.12. The van der Waals surface area contributed by atoms with E-state index in [0.29, 0.717) is 18.7 Å². The van der Waals surface area contributed by atoms with Crippen LogP contribution in [0.4, 0.5) is 0 Å². The number of aromatic nitrogens is 1. The average Bonchev–Trinajstić information content (AvgIpc) is 2.19. The molecule has 1 rings (SSSR count). The van der Waals surface area contributed by atoms with Crippen molar-refractivity contribution < 1.29 is 9.90 Å². The maximum Gasteiger partial charge on any atom is 0.315 e. The summed E-state index contributed by atoms with van der Waals surface area (Å²) >= 11 is 0. The van der Waals surface area contributed by atoms with Crippen molar-refractivity contribution >= 4 is 5.97 Å². The lowest BCUT2D eigenvalue weighted by molar-refractivity contribution is -0.143. The molecule has 0 spiro atoms. The Labute approximate surface area is 82.8 Å². The number of carboxylic acid groups (broad SMARTS) is 1. The molecule has 0 aliphatic carbocycles. The van der Waals surface area contributed by atoms with Crippen molar-refractivity contribution in [3.63, 3.8) is 0 Å².